The van der Waals surface area contributed by atoms with E-state index >= 15 is 0 Å². The lowest BCUT2D eigenvalue weighted by Crippen LogP contribution is -2.49. The summed E-state index contributed by atoms with van der Waals surface area (Å²) in [6.45, 7) is 4.22. The monoisotopic (exact) mass is 256 g/mol. The number of hydrogen-bond acceptors (Lipinski definition) is 4. The SMILES string of the molecule is CCNC1COCC1C(=O)N1CCC[C@@H]1C(=O)O. The van der Waals surface area contributed by atoms with Gasteiger partial charge < -0.3 is 20.1 Å². The molecule has 102 valence electrons. The van der Waals surface area contributed by atoms with Crippen LogP contribution in [-0.2, 0) is 14.3 Å². The normalized spacial score (nSPS) is 31.8. The van der Waals surface area contributed by atoms with Crippen molar-refractivity contribution in [3.63, 3.8) is 0 Å². The number of likely N-dealkylation sites (N-methyl/N-ethyl adjacent to an activating group) is 1. The van der Waals surface area contributed by atoms with Crippen molar-refractivity contribution in [2.24, 2.45) is 5.92 Å². The average molecular weight is 256 g/mol. The van der Waals surface area contributed by atoms with E-state index in [1.807, 2.05) is 6.92 Å². The highest BCUT2D eigenvalue weighted by molar-refractivity contribution is 5.86. The molecule has 2 fully saturated rings. The Morgan fingerprint density at radius 3 is 2.89 bits per heavy atom. The molecule has 6 nitrogen and oxygen atoms in total. The Bertz CT molecular complexity index is 334. The topological polar surface area (TPSA) is 78.9 Å². The number of amides is 1. The third kappa shape index (κ3) is 2.49. The second-order valence-electron chi connectivity index (χ2n) is 4.84. The Kier molecular flexibility index (Phi) is 4.19. The zero-order valence-electron chi connectivity index (χ0n) is 10.6. The van der Waals surface area contributed by atoms with Gasteiger partial charge in [-0.05, 0) is 19.4 Å². The van der Waals surface area contributed by atoms with Crippen molar-refractivity contribution in [2.75, 3.05) is 26.3 Å². The summed E-state index contributed by atoms with van der Waals surface area (Å²) in [4.78, 5) is 25.0. The van der Waals surface area contributed by atoms with Crippen LogP contribution in [0.2, 0.25) is 0 Å². The molecule has 0 aliphatic carbocycles. The fourth-order valence-corrected chi connectivity index (χ4v) is 2.76. The molecule has 2 heterocycles. The summed E-state index contributed by atoms with van der Waals surface area (Å²) in [5.74, 6) is -1.23. The summed E-state index contributed by atoms with van der Waals surface area (Å²) in [7, 11) is 0. The number of aliphatic carboxylic acids is 1. The lowest BCUT2D eigenvalue weighted by molar-refractivity contribution is -0.150. The van der Waals surface area contributed by atoms with Crippen molar-refractivity contribution >= 4 is 11.9 Å². The number of carboxylic acid groups (broad SMARTS) is 1. The summed E-state index contributed by atoms with van der Waals surface area (Å²) in [5, 5.41) is 12.3. The highest BCUT2D eigenvalue weighted by Crippen LogP contribution is 2.24. The van der Waals surface area contributed by atoms with Gasteiger partial charge in [0.05, 0.1) is 19.1 Å². The van der Waals surface area contributed by atoms with E-state index in [0.717, 1.165) is 13.0 Å². The van der Waals surface area contributed by atoms with Crippen molar-refractivity contribution in [2.45, 2.75) is 31.8 Å². The molecule has 0 aromatic rings. The minimum atomic E-state index is -0.903. The highest BCUT2D eigenvalue weighted by atomic mass is 16.5. The molecule has 2 aliphatic rings. The fraction of sp³-hybridized carbons (Fsp3) is 0.833. The molecule has 2 rings (SSSR count). The maximum Gasteiger partial charge on any atom is 0.326 e. The zero-order valence-corrected chi connectivity index (χ0v) is 10.6. The molecule has 3 atom stereocenters. The molecule has 2 unspecified atom stereocenters. The van der Waals surface area contributed by atoms with Crippen molar-refractivity contribution in [3.8, 4) is 0 Å². The molecule has 18 heavy (non-hydrogen) atoms. The Labute approximate surface area is 106 Å². The van der Waals surface area contributed by atoms with Crippen LogP contribution < -0.4 is 5.32 Å². The number of rotatable bonds is 4. The van der Waals surface area contributed by atoms with Gasteiger partial charge in [0, 0.05) is 12.6 Å². The number of carbonyl (C=O) groups is 2. The van der Waals surface area contributed by atoms with E-state index in [9.17, 15) is 9.59 Å². The molecule has 0 saturated carbocycles. The number of ether oxygens (including phenoxy) is 1. The van der Waals surface area contributed by atoms with Gasteiger partial charge >= 0.3 is 5.97 Å². The van der Waals surface area contributed by atoms with Gasteiger partial charge in [-0.2, -0.15) is 0 Å². The standard InChI is InChI=1S/C12H20N2O4/c1-2-13-9-7-18-6-8(9)11(15)14-5-3-4-10(14)12(16)17/h8-10,13H,2-7H2,1H3,(H,16,17)/t8?,9?,10-/m1/s1. The summed E-state index contributed by atoms with van der Waals surface area (Å²) in [6.07, 6.45) is 1.32. The van der Waals surface area contributed by atoms with Crippen LogP contribution in [0.25, 0.3) is 0 Å². The van der Waals surface area contributed by atoms with Gasteiger partial charge in [0.2, 0.25) is 5.91 Å². The Balaban J connectivity index is 2.03. The predicted molar refractivity (Wildman–Crippen MR) is 64.1 cm³/mol. The first kappa shape index (κ1) is 13.3. The second-order valence-corrected chi connectivity index (χ2v) is 4.84. The molecule has 0 radical (unpaired) electrons. The number of likely N-dealkylation sites (tertiary alicyclic amines) is 1. The largest absolute Gasteiger partial charge is 0.480 e. The van der Waals surface area contributed by atoms with Crippen LogP contribution in [0.1, 0.15) is 19.8 Å². The maximum absolute atomic E-state index is 12.4. The number of hydrogen-bond donors (Lipinski definition) is 2. The number of nitrogens with zero attached hydrogens (tertiary/aromatic N) is 1. The van der Waals surface area contributed by atoms with E-state index < -0.39 is 12.0 Å². The molecule has 2 saturated heterocycles. The smallest absolute Gasteiger partial charge is 0.326 e. The Hall–Kier alpha value is -1.14. The van der Waals surface area contributed by atoms with Crippen LogP contribution >= 0.6 is 0 Å². The Morgan fingerprint density at radius 1 is 1.44 bits per heavy atom. The van der Waals surface area contributed by atoms with Gasteiger partial charge in [0.15, 0.2) is 0 Å². The first-order valence-electron chi connectivity index (χ1n) is 6.49. The maximum atomic E-state index is 12.4. The van der Waals surface area contributed by atoms with Crippen molar-refractivity contribution in [3.05, 3.63) is 0 Å². The molecular weight excluding hydrogens is 236 g/mol. The molecule has 0 aromatic carbocycles. The lowest BCUT2D eigenvalue weighted by Gasteiger charge is -2.27. The van der Waals surface area contributed by atoms with E-state index in [4.69, 9.17) is 9.84 Å². The highest BCUT2D eigenvalue weighted by Gasteiger charge is 2.41. The third-order valence-corrected chi connectivity index (χ3v) is 3.68. The second kappa shape index (κ2) is 5.67. The summed E-state index contributed by atoms with van der Waals surface area (Å²) >= 11 is 0. The van der Waals surface area contributed by atoms with E-state index in [1.165, 1.54) is 4.90 Å². The predicted octanol–water partition coefficient (Wildman–Crippen LogP) is -0.313. The minimum absolute atomic E-state index is 0.0116. The first-order chi connectivity index (χ1) is 8.65. The number of carbonyl (C=O) groups excluding carboxylic acids is 1. The van der Waals surface area contributed by atoms with Crippen LogP contribution in [0.15, 0.2) is 0 Å². The lowest BCUT2D eigenvalue weighted by atomic mass is 10.0. The van der Waals surface area contributed by atoms with Crippen molar-refractivity contribution in [1.29, 1.82) is 0 Å². The third-order valence-electron chi connectivity index (χ3n) is 3.68. The van der Waals surface area contributed by atoms with Crippen LogP contribution in [0.4, 0.5) is 0 Å². The van der Waals surface area contributed by atoms with Crippen molar-refractivity contribution < 1.29 is 19.4 Å². The van der Waals surface area contributed by atoms with E-state index in [-0.39, 0.29) is 17.9 Å². The number of carboxylic acids is 1. The zero-order chi connectivity index (χ0) is 13.1. The van der Waals surface area contributed by atoms with Gasteiger partial charge in [-0.3, -0.25) is 4.79 Å². The fourth-order valence-electron chi connectivity index (χ4n) is 2.76. The van der Waals surface area contributed by atoms with E-state index in [0.29, 0.717) is 26.2 Å². The minimum Gasteiger partial charge on any atom is -0.480 e. The molecule has 0 spiro atoms. The van der Waals surface area contributed by atoms with Crippen LogP contribution in [0.5, 0.6) is 0 Å². The van der Waals surface area contributed by atoms with Crippen LogP contribution in [-0.4, -0.2) is 60.3 Å². The molecule has 6 heteroatoms. The molecule has 2 N–H and O–H groups in total. The summed E-state index contributed by atoms with van der Waals surface area (Å²) < 4.78 is 5.34. The number of nitrogens with one attached hydrogen (secondary N) is 1. The molecule has 0 bridgehead atoms. The van der Waals surface area contributed by atoms with Crippen molar-refractivity contribution in [1.82, 2.24) is 10.2 Å². The van der Waals surface area contributed by atoms with Gasteiger partial charge in [0.1, 0.15) is 6.04 Å². The van der Waals surface area contributed by atoms with Gasteiger partial charge in [0.25, 0.3) is 0 Å². The molecular formula is C12H20N2O4. The van der Waals surface area contributed by atoms with Gasteiger partial charge in [-0.25, -0.2) is 4.79 Å². The van der Waals surface area contributed by atoms with Crippen LogP contribution in [0.3, 0.4) is 0 Å². The molecule has 1 amide bonds. The summed E-state index contributed by atoms with van der Waals surface area (Å²) in [6, 6.07) is -0.641. The summed E-state index contributed by atoms with van der Waals surface area (Å²) in [5.41, 5.74) is 0. The van der Waals surface area contributed by atoms with Gasteiger partial charge in [-0.15, -0.1) is 0 Å². The average Bonchev–Trinajstić information content (AvgIpc) is 2.96. The van der Waals surface area contributed by atoms with Crippen LogP contribution in [0, 0.1) is 5.92 Å². The molecule has 2 aliphatic heterocycles. The van der Waals surface area contributed by atoms with Gasteiger partial charge in [-0.1, -0.05) is 6.92 Å². The van der Waals surface area contributed by atoms with E-state index in [2.05, 4.69) is 5.32 Å². The Morgan fingerprint density at radius 2 is 2.22 bits per heavy atom. The molecule has 0 aromatic heterocycles. The van der Waals surface area contributed by atoms with E-state index in [1.54, 1.807) is 0 Å². The quantitative estimate of drug-likeness (QED) is 0.721. The first-order valence-corrected chi connectivity index (χ1v) is 6.49.